The fourth-order valence-corrected chi connectivity index (χ4v) is 1.21. The fourth-order valence-electron chi connectivity index (χ4n) is 0.960. The molecule has 0 saturated heterocycles. The molecule has 1 N–H and O–H groups in total. The van der Waals surface area contributed by atoms with Gasteiger partial charge in [-0.15, -0.1) is 0 Å². The van der Waals surface area contributed by atoms with Crippen LogP contribution in [-0.2, 0) is 0 Å². The Balaban J connectivity index is 2.89. The van der Waals surface area contributed by atoms with Gasteiger partial charge in [0.15, 0.2) is 0 Å². The first-order valence-corrected chi connectivity index (χ1v) is 4.57. The van der Waals surface area contributed by atoms with Crippen molar-refractivity contribution >= 4 is 22.0 Å². The Morgan fingerprint density at radius 1 is 1.50 bits per heavy atom. The summed E-state index contributed by atoms with van der Waals surface area (Å²) in [6.45, 7) is 2.13. The molecule has 0 atom stereocenters. The summed E-state index contributed by atoms with van der Waals surface area (Å²) < 4.78 is 1.11. The van der Waals surface area contributed by atoms with Gasteiger partial charge in [0.25, 0.3) is 0 Å². The molecule has 12 heavy (non-hydrogen) atoms. The van der Waals surface area contributed by atoms with E-state index >= 15 is 0 Å². The summed E-state index contributed by atoms with van der Waals surface area (Å²) in [6.07, 6.45) is 3.63. The highest BCUT2D eigenvalue weighted by atomic mass is 79.9. The SMILES string of the molecule is Cc1cc(/C=C/CO)ccc1Br. The van der Waals surface area contributed by atoms with Crippen LogP contribution in [0.1, 0.15) is 11.1 Å². The summed E-state index contributed by atoms with van der Waals surface area (Å²) in [5.41, 5.74) is 2.32. The molecule has 2 heteroatoms. The molecular formula is C10H11BrO. The lowest BCUT2D eigenvalue weighted by Gasteiger charge is -1.98. The van der Waals surface area contributed by atoms with Crippen molar-refractivity contribution in [3.05, 3.63) is 39.9 Å². The van der Waals surface area contributed by atoms with Gasteiger partial charge in [-0.25, -0.2) is 0 Å². The Labute approximate surface area is 80.9 Å². The minimum atomic E-state index is 0.0924. The first-order chi connectivity index (χ1) is 5.74. The molecule has 0 unspecified atom stereocenters. The summed E-state index contributed by atoms with van der Waals surface area (Å²) in [7, 11) is 0. The third-order valence-corrected chi connectivity index (χ3v) is 2.49. The van der Waals surface area contributed by atoms with Crippen LogP contribution < -0.4 is 0 Å². The third kappa shape index (κ3) is 2.47. The summed E-state index contributed by atoms with van der Waals surface area (Å²) in [6, 6.07) is 6.08. The standard InChI is InChI=1S/C10H11BrO/c1-8-7-9(3-2-6-12)4-5-10(8)11/h2-5,7,12H,6H2,1H3/b3-2+. The minimum absolute atomic E-state index is 0.0924. The topological polar surface area (TPSA) is 20.2 Å². The minimum Gasteiger partial charge on any atom is -0.392 e. The Morgan fingerprint density at radius 2 is 2.25 bits per heavy atom. The van der Waals surface area contributed by atoms with Crippen molar-refractivity contribution in [2.24, 2.45) is 0 Å². The molecule has 0 amide bonds. The molecule has 0 heterocycles. The second-order valence-corrected chi connectivity index (χ2v) is 3.45. The van der Waals surface area contributed by atoms with E-state index < -0.39 is 0 Å². The van der Waals surface area contributed by atoms with Crippen LogP contribution in [0.5, 0.6) is 0 Å². The molecule has 0 aromatic heterocycles. The second kappa shape index (κ2) is 4.43. The number of aryl methyl sites for hydroxylation is 1. The van der Waals surface area contributed by atoms with Gasteiger partial charge < -0.3 is 5.11 Å². The molecule has 64 valence electrons. The lowest BCUT2D eigenvalue weighted by atomic mass is 10.1. The highest BCUT2D eigenvalue weighted by Gasteiger charge is 1.93. The predicted molar refractivity (Wildman–Crippen MR) is 55.0 cm³/mol. The van der Waals surface area contributed by atoms with Gasteiger partial charge >= 0.3 is 0 Å². The molecule has 1 aromatic carbocycles. The molecule has 1 nitrogen and oxygen atoms in total. The lowest BCUT2D eigenvalue weighted by molar-refractivity contribution is 0.343. The summed E-state index contributed by atoms with van der Waals surface area (Å²) >= 11 is 3.42. The molecule has 0 saturated carbocycles. The molecular weight excluding hydrogens is 216 g/mol. The molecule has 0 aliphatic rings. The van der Waals surface area contributed by atoms with E-state index in [0.717, 1.165) is 10.0 Å². The lowest BCUT2D eigenvalue weighted by Crippen LogP contribution is -1.78. The van der Waals surface area contributed by atoms with Gasteiger partial charge in [0.2, 0.25) is 0 Å². The van der Waals surface area contributed by atoms with Gasteiger partial charge in [0.1, 0.15) is 0 Å². The number of rotatable bonds is 2. The molecule has 0 fully saturated rings. The van der Waals surface area contributed by atoms with Crippen molar-refractivity contribution in [1.82, 2.24) is 0 Å². The predicted octanol–water partition coefficient (Wildman–Crippen LogP) is 2.76. The van der Waals surface area contributed by atoms with E-state index in [4.69, 9.17) is 5.11 Å². The normalized spacial score (nSPS) is 10.9. The fraction of sp³-hybridized carbons (Fsp3) is 0.200. The molecule has 0 aliphatic carbocycles. The van der Waals surface area contributed by atoms with Crippen molar-refractivity contribution in [2.45, 2.75) is 6.92 Å². The third-order valence-electron chi connectivity index (χ3n) is 1.60. The van der Waals surface area contributed by atoms with E-state index in [1.54, 1.807) is 6.08 Å². The average molecular weight is 227 g/mol. The van der Waals surface area contributed by atoms with Gasteiger partial charge in [-0.05, 0) is 24.1 Å². The van der Waals surface area contributed by atoms with Gasteiger partial charge in [-0.3, -0.25) is 0 Å². The van der Waals surface area contributed by atoms with E-state index in [1.165, 1.54) is 5.56 Å². The number of aliphatic hydroxyl groups excluding tert-OH is 1. The van der Waals surface area contributed by atoms with Crippen LogP contribution >= 0.6 is 15.9 Å². The average Bonchev–Trinajstić information content (AvgIpc) is 2.07. The largest absolute Gasteiger partial charge is 0.392 e. The number of halogens is 1. The Hall–Kier alpha value is -0.600. The molecule has 0 spiro atoms. The van der Waals surface area contributed by atoms with E-state index in [2.05, 4.69) is 22.0 Å². The van der Waals surface area contributed by atoms with Gasteiger partial charge in [0, 0.05) is 4.47 Å². The highest BCUT2D eigenvalue weighted by Crippen LogP contribution is 2.17. The van der Waals surface area contributed by atoms with Crippen molar-refractivity contribution in [3.8, 4) is 0 Å². The molecule has 1 rings (SSSR count). The van der Waals surface area contributed by atoms with Crippen LogP contribution in [0, 0.1) is 6.92 Å². The van der Waals surface area contributed by atoms with Crippen LogP contribution in [0.3, 0.4) is 0 Å². The van der Waals surface area contributed by atoms with Gasteiger partial charge in [-0.2, -0.15) is 0 Å². The summed E-state index contributed by atoms with van der Waals surface area (Å²) in [5, 5.41) is 8.56. The Bertz CT molecular complexity index is 292. The Morgan fingerprint density at radius 3 is 2.83 bits per heavy atom. The maximum atomic E-state index is 8.56. The maximum absolute atomic E-state index is 8.56. The molecule has 0 radical (unpaired) electrons. The first-order valence-electron chi connectivity index (χ1n) is 3.77. The number of hydrogen-bond acceptors (Lipinski definition) is 1. The quantitative estimate of drug-likeness (QED) is 0.823. The van der Waals surface area contributed by atoms with E-state index in [9.17, 15) is 0 Å². The van der Waals surface area contributed by atoms with Crippen LogP contribution in [0.2, 0.25) is 0 Å². The van der Waals surface area contributed by atoms with Gasteiger partial charge in [0.05, 0.1) is 6.61 Å². The van der Waals surface area contributed by atoms with Crippen molar-refractivity contribution in [3.63, 3.8) is 0 Å². The van der Waals surface area contributed by atoms with Crippen molar-refractivity contribution in [1.29, 1.82) is 0 Å². The van der Waals surface area contributed by atoms with E-state index in [0.29, 0.717) is 0 Å². The second-order valence-electron chi connectivity index (χ2n) is 2.59. The van der Waals surface area contributed by atoms with Crippen molar-refractivity contribution < 1.29 is 5.11 Å². The van der Waals surface area contributed by atoms with Crippen LogP contribution in [-0.4, -0.2) is 11.7 Å². The zero-order valence-electron chi connectivity index (χ0n) is 6.92. The smallest absolute Gasteiger partial charge is 0.0615 e. The summed E-state index contributed by atoms with van der Waals surface area (Å²) in [4.78, 5) is 0. The van der Waals surface area contributed by atoms with E-state index in [-0.39, 0.29) is 6.61 Å². The van der Waals surface area contributed by atoms with Gasteiger partial charge in [-0.1, -0.05) is 40.2 Å². The molecule has 0 aliphatic heterocycles. The number of hydrogen-bond donors (Lipinski definition) is 1. The van der Waals surface area contributed by atoms with Crippen LogP contribution in [0.15, 0.2) is 28.7 Å². The monoisotopic (exact) mass is 226 g/mol. The number of aliphatic hydroxyl groups is 1. The first kappa shape index (κ1) is 9.49. The van der Waals surface area contributed by atoms with Crippen molar-refractivity contribution in [2.75, 3.05) is 6.61 Å². The zero-order valence-corrected chi connectivity index (χ0v) is 8.51. The van der Waals surface area contributed by atoms with E-state index in [1.807, 2.05) is 25.1 Å². The zero-order chi connectivity index (χ0) is 8.97. The highest BCUT2D eigenvalue weighted by molar-refractivity contribution is 9.10. The molecule has 1 aromatic rings. The van der Waals surface area contributed by atoms with Crippen LogP contribution in [0.4, 0.5) is 0 Å². The summed E-state index contributed by atoms with van der Waals surface area (Å²) in [5.74, 6) is 0. The number of benzene rings is 1. The Kier molecular flexibility index (Phi) is 3.50. The molecule has 0 bridgehead atoms. The van der Waals surface area contributed by atoms with Crippen LogP contribution in [0.25, 0.3) is 6.08 Å². The maximum Gasteiger partial charge on any atom is 0.0615 e.